The monoisotopic (exact) mass is 329 g/mol. The smallest absolute Gasteiger partial charge is 0.321 e. The van der Waals surface area contributed by atoms with Gasteiger partial charge in [0.1, 0.15) is 18.0 Å². The Bertz CT molecular complexity index is 770. The standard InChI is InChI=1S/C17H20FN5O/c1-11-14(18)3-2-4-15(11)20-17(24)22-8-7-13(9-22)23-10-19-21-16(23)12-5-6-12/h2-4,10,12-13H,5-9H2,1H3,(H,20,24). The average Bonchev–Trinajstić information content (AvgIpc) is 3.11. The second kappa shape index (κ2) is 5.89. The van der Waals surface area contributed by atoms with E-state index in [0.717, 1.165) is 12.2 Å². The first kappa shape index (κ1) is 15.1. The maximum Gasteiger partial charge on any atom is 0.321 e. The second-order valence-electron chi connectivity index (χ2n) is 6.60. The summed E-state index contributed by atoms with van der Waals surface area (Å²) < 4.78 is 15.7. The van der Waals surface area contributed by atoms with Crippen molar-refractivity contribution in [1.82, 2.24) is 19.7 Å². The molecule has 1 atom stereocenters. The summed E-state index contributed by atoms with van der Waals surface area (Å²) in [6, 6.07) is 4.74. The maximum absolute atomic E-state index is 13.6. The van der Waals surface area contributed by atoms with Crippen molar-refractivity contribution in [3.05, 3.63) is 41.7 Å². The summed E-state index contributed by atoms with van der Waals surface area (Å²) >= 11 is 0. The van der Waals surface area contributed by atoms with E-state index < -0.39 is 0 Å². The quantitative estimate of drug-likeness (QED) is 0.941. The highest BCUT2D eigenvalue weighted by Crippen LogP contribution is 2.40. The van der Waals surface area contributed by atoms with Crippen LogP contribution in [0.25, 0.3) is 0 Å². The maximum atomic E-state index is 13.6. The Hall–Kier alpha value is -2.44. The molecule has 126 valence electrons. The molecule has 0 bridgehead atoms. The number of urea groups is 1. The third-order valence-corrected chi connectivity index (χ3v) is 4.90. The van der Waals surface area contributed by atoms with Crippen LogP contribution >= 0.6 is 0 Å². The van der Waals surface area contributed by atoms with E-state index in [4.69, 9.17) is 0 Å². The number of carbonyl (C=O) groups excluding carboxylic acids is 1. The molecule has 1 saturated heterocycles. The van der Waals surface area contributed by atoms with Gasteiger partial charge in [0, 0.05) is 30.3 Å². The van der Waals surface area contributed by atoms with E-state index in [0.29, 0.717) is 30.3 Å². The minimum atomic E-state index is -0.314. The number of likely N-dealkylation sites (tertiary alicyclic amines) is 1. The van der Waals surface area contributed by atoms with Crippen LogP contribution in [-0.2, 0) is 0 Å². The average molecular weight is 329 g/mol. The van der Waals surface area contributed by atoms with Crippen LogP contribution in [0.1, 0.15) is 42.6 Å². The lowest BCUT2D eigenvalue weighted by Gasteiger charge is -2.19. The molecule has 1 unspecified atom stereocenters. The van der Waals surface area contributed by atoms with E-state index in [2.05, 4.69) is 20.1 Å². The molecule has 2 fully saturated rings. The van der Waals surface area contributed by atoms with Crippen molar-refractivity contribution < 1.29 is 9.18 Å². The van der Waals surface area contributed by atoms with Crippen LogP contribution in [0.5, 0.6) is 0 Å². The third-order valence-electron chi connectivity index (χ3n) is 4.90. The third kappa shape index (κ3) is 2.74. The predicted octanol–water partition coefficient (Wildman–Crippen LogP) is 3.08. The first-order chi connectivity index (χ1) is 11.6. The Morgan fingerprint density at radius 3 is 2.96 bits per heavy atom. The van der Waals surface area contributed by atoms with E-state index in [1.807, 2.05) is 0 Å². The molecular formula is C17H20FN5O. The number of halogens is 1. The molecule has 7 heteroatoms. The Morgan fingerprint density at radius 2 is 2.17 bits per heavy atom. The van der Waals surface area contributed by atoms with Gasteiger partial charge in [-0.05, 0) is 38.3 Å². The molecule has 1 aliphatic carbocycles. The number of rotatable bonds is 3. The Kier molecular flexibility index (Phi) is 3.70. The minimum Gasteiger partial charge on any atom is -0.322 e. The van der Waals surface area contributed by atoms with Crippen molar-refractivity contribution >= 4 is 11.7 Å². The van der Waals surface area contributed by atoms with Crippen molar-refractivity contribution in [3.8, 4) is 0 Å². The van der Waals surface area contributed by atoms with Crippen LogP contribution in [0.3, 0.4) is 0 Å². The highest BCUT2D eigenvalue weighted by atomic mass is 19.1. The molecule has 2 heterocycles. The molecule has 1 N–H and O–H groups in total. The van der Waals surface area contributed by atoms with Gasteiger partial charge < -0.3 is 14.8 Å². The largest absolute Gasteiger partial charge is 0.322 e. The van der Waals surface area contributed by atoms with E-state index >= 15 is 0 Å². The molecule has 24 heavy (non-hydrogen) atoms. The summed E-state index contributed by atoms with van der Waals surface area (Å²) in [6.45, 7) is 2.96. The number of anilines is 1. The van der Waals surface area contributed by atoms with Crippen molar-refractivity contribution in [2.45, 2.75) is 38.1 Å². The second-order valence-corrected chi connectivity index (χ2v) is 6.60. The van der Waals surface area contributed by atoms with Gasteiger partial charge in [-0.2, -0.15) is 0 Å². The highest BCUT2D eigenvalue weighted by molar-refractivity contribution is 5.90. The molecule has 0 radical (unpaired) electrons. The van der Waals surface area contributed by atoms with Crippen LogP contribution in [-0.4, -0.2) is 38.8 Å². The zero-order valence-electron chi connectivity index (χ0n) is 13.6. The van der Waals surface area contributed by atoms with E-state index in [1.54, 1.807) is 30.3 Å². The number of nitrogens with one attached hydrogen (secondary N) is 1. The fourth-order valence-electron chi connectivity index (χ4n) is 3.26. The highest BCUT2D eigenvalue weighted by Gasteiger charge is 2.34. The zero-order chi connectivity index (χ0) is 16.7. The van der Waals surface area contributed by atoms with Gasteiger partial charge >= 0.3 is 6.03 Å². The lowest BCUT2D eigenvalue weighted by molar-refractivity contribution is 0.220. The van der Waals surface area contributed by atoms with Crippen LogP contribution < -0.4 is 5.32 Å². The van der Waals surface area contributed by atoms with Gasteiger partial charge in [0.15, 0.2) is 0 Å². The summed E-state index contributed by atoms with van der Waals surface area (Å²) in [6.07, 6.45) is 5.01. The molecule has 1 aliphatic heterocycles. The summed E-state index contributed by atoms with van der Waals surface area (Å²) in [7, 11) is 0. The molecule has 1 aromatic heterocycles. The van der Waals surface area contributed by atoms with Gasteiger partial charge in [-0.15, -0.1) is 10.2 Å². The minimum absolute atomic E-state index is 0.188. The number of benzene rings is 1. The van der Waals surface area contributed by atoms with E-state index in [1.165, 1.54) is 18.9 Å². The zero-order valence-corrected chi connectivity index (χ0v) is 13.6. The molecule has 0 spiro atoms. The van der Waals surface area contributed by atoms with E-state index in [-0.39, 0.29) is 17.9 Å². The normalized spacial score (nSPS) is 20.4. The lowest BCUT2D eigenvalue weighted by Crippen LogP contribution is -2.33. The Morgan fingerprint density at radius 1 is 1.33 bits per heavy atom. The van der Waals surface area contributed by atoms with E-state index in [9.17, 15) is 9.18 Å². The number of hydrogen-bond donors (Lipinski definition) is 1. The first-order valence-corrected chi connectivity index (χ1v) is 8.34. The first-order valence-electron chi connectivity index (χ1n) is 8.34. The number of aromatic nitrogens is 3. The van der Waals surface area contributed by atoms with Crippen molar-refractivity contribution in [1.29, 1.82) is 0 Å². The van der Waals surface area contributed by atoms with Gasteiger partial charge in [-0.1, -0.05) is 6.07 Å². The van der Waals surface area contributed by atoms with Gasteiger partial charge in [-0.25, -0.2) is 9.18 Å². The molecule has 4 rings (SSSR count). The Labute approximate surface area is 139 Å². The number of hydrogen-bond acceptors (Lipinski definition) is 3. The van der Waals surface area contributed by atoms with Gasteiger partial charge in [0.25, 0.3) is 0 Å². The van der Waals surface area contributed by atoms with Crippen LogP contribution in [0.4, 0.5) is 14.9 Å². The fourth-order valence-corrected chi connectivity index (χ4v) is 3.26. The molecule has 1 saturated carbocycles. The summed E-state index contributed by atoms with van der Waals surface area (Å²) in [5.74, 6) is 1.26. The van der Waals surface area contributed by atoms with Gasteiger partial charge in [0.2, 0.25) is 0 Å². The fraction of sp³-hybridized carbons (Fsp3) is 0.471. The topological polar surface area (TPSA) is 63.1 Å². The van der Waals surface area contributed by atoms with Crippen LogP contribution in [0, 0.1) is 12.7 Å². The summed E-state index contributed by atoms with van der Waals surface area (Å²) in [5, 5.41) is 11.1. The van der Waals surface area contributed by atoms with Crippen molar-refractivity contribution in [3.63, 3.8) is 0 Å². The van der Waals surface area contributed by atoms with Crippen LogP contribution in [0.2, 0.25) is 0 Å². The van der Waals surface area contributed by atoms with Crippen LogP contribution in [0.15, 0.2) is 24.5 Å². The molecule has 2 aromatic rings. The number of amides is 2. The number of carbonyl (C=O) groups is 1. The molecule has 2 aliphatic rings. The lowest BCUT2D eigenvalue weighted by atomic mass is 10.2. The number of nitrogens with zero attached hydrogens (tertiary/aromatic N) is 4. The molecule has 2 amide bonds. The molecule has 6 nitrogen and oxygen atoms in total. The van der Waals surface area contributed by atoms with Gasteiger partial charge in [0.05, 0.1) is 6.04 Å². The van der Waals surface area contributed by atoms with Crippen molar-refractivity contribution in [2.24, 2.45) is 0 Å². The summed E-state index contributed by atoms with van der Waals surface area (Å²) in [4.78, 5) is 14.2. The Balaban J connectivity index is 1.43. The van der Waals surface area contributed by atoms with Crippen molar-refractivity contribution in [2.75, 3.05) is 18.4 Å². The molecule has 1 aromatic carbocycles. The SMILES string of the molecule is Cc1c(F)cccc1NC(=O)N1CCC(n2cnnc2C2CC2)C1. The van der Waals surface area contributed by atoms with Gasteiger partial charge in [-0.3, -0.25) is 0 Å². The molecular weight excluding hydrogens is 309 g/mol. The summed E-state index contributed by atoms with van der Waals surface area (Å²) in [5.41, 5.74) is 0.975. The predicted molar refractivity (Wildman–Crippen MR) is 87.4 cm³/mol.